The van der Waals surface area contributed by atoms with E-state index < -0.39 is 15.8 Å². The average Bonchev–Trinajstić information content (AvgIpc) is 2.53. The average molecular weight is 350 g/mol. The maximum absolute atomic E-state index is 13.7. The normalized spacial score (nSPS) is 10.8. The van der Waals surface area contributed by atoms with Crippen molar-refractivity contribution in [3.05, 3.63) is 63.9 Å². The van der Waals surface area contributed by atoms with E-state index in [1.54, 1.807) is 0 Å². The number of nitrogens with zero attached hydrogens (tertiary/aromatic N) is 2. The van der Waals surface area contributed by atoms with Gasteiger partial charge in [-0.25, -0.2) is 17.5 Å². The van der Waals surface area contributed by atoms with Gasteiger partial charge in [-0.3, -0.25) is 0 Å². The van der Waals surface area contributed by atoms with Crippen molar-refractivity contribution in [2.45, 2.75) is 11.4 Å². The zero-order chi connectivity index (χ0) is 17.0. The van der Waals surface area contributed by atoms with E-state index in [-0.39, 0.29) is 33.2 Å². The van der Waals surface area contributed by atoms with E-state index in [4.69, 9.17) is 22.1 Å². The summed E-state index contributed by atoms with van der Waals surface area (Å²) >= 11 is 5.87. The van der Waals surface area contributed by atoms with Crippen LogP contribution in [0.4, 0.5) is 4.39 Å². The lowest BCUT2D eigenvalue weighted by molar-refractivity contribution is 0.574. The fourth-order valence-electron chi connectivity index (χ4n) is 1.82. The first-order chi connectivity index (χ1) is 10.9. The van der Waals surface area contributed by atoms with Gasteiger partial charge in [0.1, 0.15) is 10.7 Å². The summed E-state index contributed by atoms with van der Waals surface area (Å²) in [5, 5.41) is 17.4. The molecule has 0 radical (unpaired) electrons. The summed E-state index contributed by atoms with van der Waals surface area (Å²) in [4.78, 5) is -0.213. The zero-order valence-corrected chi connectivity index (χ0v) is 13.1. The van der Waals surface area contributed by atoms with Crippen LogP contribution in [0.25, 0.3) is 0 Å². The second-order valence-electron chi connectivity index (χ2n) is 4.50. The lowest BCUT2D eigenvalue weighted by atomic mass is 10.1. The quantitative estimate of drug-likeness (QED) is 0.918. The first kappa shape index (κ1) is 16.9. The second kappa shape index (κ2) is 6.76. The van der Waals surface area contributed by atoms with E-state index in [9.17, 15) is 12.8 Å². The lowest BCUT2D eigenvalue weighted by Gasteiger charge is -2.09. The SMILES string of the molecule is N#Cc1ccc(S(=O)(=O)NCc2cc(C#N)ccc2F)c(Cl)c1. The molecule has 0 aromatic heterocycles. The predicted octanol–water partition coefficient (Wildman–Crippen LogP) is 2.70. The van der Waals surface area contributed by atoms with Crippen LogP contribution in [-0.4, -0.2) is 8.42 Å². The largest absolute Gasteiger partial charge is 0.242 e. The molecule has 23 heavy (non-hydrogen) atoms. The number of nitrogens with one attached hydrogen (secondary N) is 1. The molecule has 0 spiro atoms. The summed E-state index contributed by atoms with van der Waals surface area (Å²) in [5.74, 6) is -0.627. The van der Waals surface area contributed by atoms with Gasteiger partial charge in [0, 0.05) is 12.1 Å². The number of benzene rings is 2. The molecule has 0 bridgehead atoms. The third kappa shape index (κ3) is 3.85. The Labute approximate surface area is 137 Å². The van der Waals surface area contributed by atoms with Crippen molar-refractivity contribution >= 4 is 21.6 Å². The summed E-state index contributed by atoms with van der Waals surface area (Å²) in [7, 11) is -3.99. The molecule has 0 fully saturated rings. The second-order valence-corrected chi connectivity index (χ2v) is 6.64. The summed E-state index contributed by atoms with van der Waals surface area (Å²) in [6.07, 6.45) is 0. The van der Waals surface area contributed by atoms with Gasteiger partial charge >= 0.3 is 0 Å². The van der Waals surface area contributed by atoms with Crippen LogP contribution in [0, 0.1) is 28.5 Å². The van der Waals surface area contributed by atoms with Gasteiger partial charge in [-0.15, -0.1) is 0 Å². The Balaban J connectivity index is 2.27. The van der Waals surface area contributed by atoms with Gasteiger partial charge in [0.05, 0.1) is 28.3 Å². The highest BCUT2D eigenvalue weighted by Crippen LogP contribution is 2.22. The van der Waals surface area contributed by atoms with Gasteiger partial charge in [0.25, 0.3) is 0 Å². The molecule has 0 saturated heterocycles. The third-order valence-corrected chi connectivity index (χ3v) is 4.86. The van der Waals surface area contributed by atoms with Crippen LogP contribution >= 0.6 is 11.6 Å². The van der Waals surface area contributed by atoms with Crippen LogP contribution in [0.15, 0.2) is 41.3 Å². The molecule has 0 amide bonds. The number of nitriles is 2. The van der Waals surface area contributed by atoms with E-state index in [0.29, 0.717) is 0 Å². The van der Waals surface area contributed by atoms with Crippen molar-refractivity contribution in [3.8, 4) is 12.1 Å². The Kier molecular flexibility index (Phi) is 4.97. The molecule has 2 aromatic carbocycles. The van der Waals surface area contributed by atoms with Crippen molar-refractivity contribution < 1.29 is 12.8 Å². The van der Waals surface area contributed by atoms with Gasteiger partial charge in [-0.1, -0.05) is 11.6 Å². The van der Waals surface area contributed by atoms with Crippen LogP contribution in [0.3, 0.4) is 0 Å². The van der Waals surface area contributed by atoms with Crippen LogP contribution < -0.4 is 4.72 Å². The number of hydrogen-bond donors (Lipinski definition) is 1. The molecule has 0 aliphatic carbocycles. The van der Waals surface area contributed by atoms with Gasteiger partial charge in [-0.05, 0) is 36.4 Å². The summed E-state index contributed by atoms with van der Waals surface area (Å²) < 4.78 is 40.3. The molecule has 0 aliphatic heterocycles. The number of halogens is 2. The molecule has 0 heterocycles. The van der Waals surface area contributed by atoms with Crippen LogP contribution in [-0.2, 0) is 16.6 Å². The lowest BCUT2D eigenvalue weighted by Crippen LogP contribution is -2.24. The maximum atomic E-state index is 13.7. The van der Waals surface area contributed by atoms with Crippen LogP contribution in [0.5, 0.6) is 0 Å². The van der Waals surface area contributed by atoms with Gasteiger partial charge in [0.2, 0.25) is 10.0 Å². The van der Waals surface area contributed by atoms with Crippen LogP contribution in [0.2, 0.25) is 5.02 Å². The molecule has 2 rings (SSSR count). The molecular weight excluding hydrogens is 341 g/mol. The standard InChI is InChI=1S/C15H9ClFN3O2S/c16-13-6-11(8-19)2-4-15(13)23(21,22)20-9-12-5-10(7-18)1-3-14(12)17/h1-6,20H,9H2. The molecular formula is C15H9ClFN3O2S. The highest BCUT2D eigenvalue weighted by Gasteiger charge is 2.18. The van der Waals surface area contributed by atoms with Crippen molar-refractivity contribution in [1.82, 2.24) is 4.72 Å². The summed E-state index contributed by atoms with van der Waals surface area (Å²) in [6.45, 7) is -0.333. The fraction of sp³-hybridized carbons (Fsp3) is 0.0667. The zero-order valence-electron chi connectivity index (χ0n) is 11.5. The number of rotatable bonds is 4. The fourth-order valence-corrected chi connectivity index (χ4v) is 3.37. The number of hydrogen-bond acceptors (Lipinski definition) is 4. The molecule has 8 heteroatoms. The molecule has 5 nitrogen and oxygen atoms in total. The van der Waals surface area contributed by atoms with Crippen molar-refractivity contribution in [2.75, 3.05) is 0 Å². The highest BCUT2D eigenvalue weighted by atomic mass is 35.5. The molecule has 0 unspecified atom stereocenters. The van der Waals surface area contributed by atoms with Gasteiger partial charge in [-0.2, -0.15) is 10.5 Å². The molecule has 0 saturated carbocycles. The molecule has 0 aliphatic rings. The minimum absolute atomic E-state index is 0.0393. The monoisotopic (exact) mass is 349 g/mol. The Morgan fingerprint density at radius 2 is 1.70 bits per heavy atom. The number of sulfonamides is 1. The van der Waals surface area contributed by atoms with E-state index in [1.165, 1.54) is 30.3 Å². The Morgan fingerprint density at radius 1 is 1.09 bits per heavy atom. The molecule has 2 aromatic rings. The van der Waals surface area contributed by atoms with E-state index in [2.05, 4.69) is 4.72 Å². The topological polar surface area (TPSA) is 93.8 Å². The Morgan fingerprint density at radius 3 is 2.30 bits per heavy atom. The Bertz CT molecular complexity index is 946. The van der Waals surface area contributed by atoms with Crippen molar-refractivity contribution in [3.63, 3.8) is 0 Å². The van der Waals surface area contributed by atoms with Crippen molar-refractivity contribution in [2.24, 2.45) is 0 Å². The van der Waals surface area contributed by atoms with E-state index >= 15 is 0 Å². The van der Waals surface area contributed by atoms with Crippen molar-refractivity contribution in [1.29, 1.82) is 10.5 Å². The van der Waals surface area contributed by atoms with E-state index in [0.717, 1.165) is 6.07 Å². The summed E-state index contributed by atoms with van der Waals surface area (Å²) in [6, 6.07) is 11.1. The maximum Gasteiger partial charge on any atom is 0.242 e. The molecule has 1 N–H and O–H groups in total. The first-order valence-electron chi connectivity index (χ1n) is 6.25. The Hall–Kier alpha value is -2.45. The molecule has 116 valence electrons. The van der Waals surface area contributed by atoms with E-state index in [1.807, 2.05) is 12.1 Å². The predicted molar refractivity (Wildman–Crippen MR) is 81.3 cm³/mol. The minimum Gasteiger partial charge on any atom is -0.207 e. The summed E-state index contributed by atoms with van der Waals surface area (Å²) in [5.41, 5.74) is 0.483. The smallest absolute Gasteiger partial charge is 0.207 e. The highest BCUT2D eigenvalue weighted by molar-refractivity contribution is 7.89. The van der Waals surface area contributed by atoms with Gasteiger partial charge in [0.15, 0.2) is 0 Å². The molecule has 0 atom stereocenters. The van der Waals surface area contributed by atoms with Gasteiger partial charge < -0.3 is 0 Å². The first-order valence-corrected chi connectivity index (χ1v) is 8.11. The third-order valence-electron chi connectivity index (χ3n) is 2.98. The minimum atomic E-state index is -3.99. The van der Waals surface area contributed by atoms with Crippen LogP contribution in [0.1, 0.15) is 16.7 Å².